The molecule has 0 radical (unpaired) electrons. The summed E-state index contributed by atoms with van der Waals surface area (Å²) in [6.45, 7) is 1.32. The van der Waals surface area contributed by atoms with Gasteiger partial charge in [0.25, 0.3) is 5.91 Å². The summed E-state index contributed by atoms with van der Waals surface area (Å²) in [4.78, 5) is 25.1. The summed E-state index contributed by atoms with van der Waals surface area (Å²) in [7, 11) is 1.69. The second-order valence-corrected chi connectivity index (χ2v) is 6.88. The molecular formula is C23H21ClN2O3. The van der Waals surface area contributed by atoms with Crippen LogP contribution in [-0.4, -0.2) is 25.5 Å². The first kappa shape index (κ1) is 20.4. The fraction of sp³-hybridized carbons (Fsp3) is 0.130. The van der Waals surface area contributed by atoms with Crippen LogP contribution in [0.2, 0.25) is 5.02 Å². The van der Waals surface area contributed by atoms with E-state index in [9.17, 15) is 9.59 Å². The van der Waals surface area contributed by atoms with Crippen LogP contribution in [0, 0.1) is 0 Å². The van der Waals surface area contributed by atoms with Crippen molar-refractivity contribution in [3.8, 4) is 16.9 Å². The predicted octanol–water partition coefficient (Wildman–Crippen LogP) is 5.01. The lowest BCUT2D eigenvalue weighted by Crippen LogP contribution is -2.23. The molecule has 148 valence electrons. The van der Waals surface area contributed by atoms with E-state index in [-0.39, 0.29) is 18.4 Å². The third-order valence-corrected chi connectivity index (χ3v) is 4.70. The van der Waals surface area contributed by atoms with Crippen molar-refractivity contribution in [2.75, 3.05) is 23.9 Å². The standard InChI is InChI=1S/C23H21ClN2O3/c1-16(27)26(2)20-11-9-19(10-12-20)25-23(28)15-29-22-13-8-18(14-21(22)24)17-6-4-3-5-7-17/h3-14H,15H2,1-2H3,(H,25,28). The van der Waals surface area contributed by atoms with Crippen LogP contribution in [0.1, 0.15) is 6.92 Å². The molecule has 0 unspecified atom stereocenters. The molecule has 0 aromatic heterocycles. The van der Waals surface area contributed by atoms with Crippen LogP contribution in [0.15, 0.2) is 72.8 Å². The molecule has 0 aliphatic heterocycles. The monoisotopic (exact) mass is 408 g/mol. The molecule has 0 fully saturated rings. The normalized spacial score (nSPS) is 10.3. The Labute approximate surface area is 174 Å². The highest BCUT2D eigenvalue weighted by atomic mass is 35.5. The maximum absolute atomic E-state index is 12.2. The molecule has 2 amide bonds. The lowest BCUT2D eigenvalue weighted by atomic mass is 10.1. The minimum Gasteiger partial charge on any atom is -0.482 e. The Balaban J connectivity index is 1.57. The van der Waals surface area contributed by atoms with Crippen LogP contribution in [0.25, 0.3) is 11.1 Å². The molecule has 3 aromatic carbocycles. The molecule has 0 heterocycles. The number of carbonyl (C=O) groups is 2. The Kier molecular flexibility index (Phi) is 6.52. The molecule has 0 saturated carbocycles. The second kappa shape index (κ2) is 9.26. The first-order valence-corrected chi connectivity index (χ1v) is 9.44. The van der Waals surface area contributed by atoms with E-state index >= 15 is 0 Å². The van der Waals surface area contributed by atoms with Crippen LogP contribution in [0.5, 0.6) is 5.75 Å². The maximum Gasteiger partial charge on any atom is 0.262 e. The van der Waals surface area contributed by atoms with Crippen molar-refractivity contribution >= 4 is 34.8 Å². The highest BCUT2D eigenvalue weighted by molar-refractivity contribution is 6.32. The van der Waals surface area contributed by atoms with Gasteiger partial charge in [0.1, 0.15) is 5.75 Å². The van der Waals surface area contributed by atoms with Crippen molar-refractivity contribution in [3.63, 3.8) is 0 Å². The zero-order chi connectivity index (χ0) is 20.8. The van der Waals surface area contributed by atoms with Gasteiger partial charge in [-0.2, -0.15) is 0 Å². The van der Waals surface area contributed by atoms with E-state index in [0.717, 1.165) is 16.8 Å². The lowest BCUT2D eigenvalue weighted by Gasteiger charge is -2.15. The SMILES string of the molecule is CC(=O)N(C)c1ccc(NC(=O)COc2ccc(-c3ccccc3)cc2Cl)cc1. The molecular weight excluding hydrogens is 388 g/mol. The highest BCUT2D eigenvalue weighted by Gasteiger charge is 2.09. The van der Waals surface area contributed by atoms with Gasteiger partial charge in [-0.3, -0.25) is 9.59 Å². The number of hydrogen-bond donors (Lipinski definition) is 1. The summed E-state index contributed by atoms with van der Waals surface area (Å²) in [6, 6.07) is 22.3. The summed E-state index contributed by atoms with van der Waals surface area (Å²) in [5, 5.41) is 3.19. The van der Waals surface area contributed by atoms with Crippen molar-refractivity contribution in [3.05, 3.63) is 77.8 Å². The van der Waals surface area contributed by atoms with E-state index in [1.807, 2.05) is 42.5 Å². The summed E-state index contributed by atoms with van der Waals surface area (Å²) in [6.07, 6.45) is 0. The summed E-state index contributed by atoms with van der Waals surface area (Å²) < 4.78 is 5.56. The molecule has 0 spiro atoms. The molecule has 6 heteroatoms. The molecule has 0 bridgehead atoms. The first-order valence-electron chi connectivity index (χ1n) is 9.06. The summed E-state index contributed by atoms with van der Waals surface area (Å²) >= 11 is 6.31. The van der Waals surface area contributed by atoms with Gasteiger partial charge < -0.3 is 15.0 Å². The minimum atomic E-state index is -0.305. The number of benzene rings is 3. The number of carbonyl (C=O) groups excluding carboxylic acids is 2. The van der Waals surface area contributed by atoms with Crippen molar-refractivity contribution in [1.29, 1.82) is 0 Å². The van der Waals surface area contributed by atoms with E-state index in [4.69, 9.17) is 16.3 Å². The van der Waals surface area contributed by atoms with Gasteiger partial charge in [-0.1, -0.05) is 48.0 Å². The van der Waals surface area contributed by atoms with Crippen LogP contribution in [0.3, 0.4) is 0 Å². The largest absolute Gasteiger partial charge is 0.482 e. The number of rotatable bonds is 6. The number of hydrogen-bond acceptors (Lipinski definition) is 3. The van der Waals surface area contributed by atoms with Crippen LogP contribution < -0.4 is 15.0 Å². The van der Waals surface area contributed by atoms with Crippen LogP contribution in [0.4, 0.5) is 11.4 Å². The third kappa shape index (κ3) is 5.36. The second-order valence-electron chi connectivity index (χ2n) is 6.47. The summed E-state index contributed by atoms with van der Waals surface area (Å²) in [5.41, 5.74) is 3.39. The zero-order valence-electron chi connectivity index (χ0n) is 16.2. The number of ether oxygens (including phenoxy) is 1. The topological polar surface area (TPSA) is 58.6 Å². The number of amides is 2. The molecule has 5 nitrogen and oxygen atoms in total. The smallest absolute Gasteiger partial charge is 0.262 e. The van der Waals surface area contributed by atoms with E-state index in [1.165, 1.54) is 11.8 Å². The molecule has 3 aromatic rings. The predicted molar refractivity (Wildman–Crippen MR) is 117 cm³/mol. The van der Waals surface area contributed by atoms with E-state index < -0.39 is 0 Å². The van der Waals surface area contributed by atoms with Crippen molar-refractivity contribution in [1.82, 2.24) is 0 Å². The average molecular weight is 409 g/mol. The van der Waals surface area contributed by atoms with Gasteiger partial charge in [-0.05, 0) is 47.5 Å². The highest BCUT2D eigenvalue weighted by Crippen LogP contribution is 2.30. The summed E-state index contributed by atoms with van der Waals surface area (Å²) in [5.74, 6) is 0.0751. The van der Waals surface area contributed by atoms with Gasteiger partial charge in [-0.15, -0.1) is 0 Å². The molecule has 0 aliphatic rings. The zero-order valence-corrected chi connectivity index (χ0v) is 16.9. The fourth-order valence-corrected chi connectivity index (χ4v) is 2.95. The number of nitrogens with zero attached hydrogens (tertiary/aromatic N) is 1. The molecule has 0 saturated heterocycles. The number of nitrogens with one attached hydrogen (secondary N) is 1. The van der Waals surface area contributed by atoms with Crippen LogP contribution >= 0.6 is 11.6 Å². The van der Waals surface area contributed by atoms with Gasteiger partial charge in [-0.25, -0.2) is 0 Å². The van der Waals surface area contributed by atoms with Gasteiger partial charge >= 0.3 is 0 Å². The Morgan fingerprint density at radius 2 is 1.66 bits per heavy atom. The van der Waals surface area contributed by atoms with Crippen molar-refractivity contribution in [2.24, 2.45) is 0 Å². The Morgan fingerprint density at radius 1 is 0.966 bits per heavy atom. The van der Waals surface area contributed by atoms with Gasteiger partial charge in [0.2, 0.25) is 5.91 Å². The lowest BCUT2D eigenvalue weighted by molar-refractivity contribution is -0.118. The Hall–Kier alpha value is -3.31. The van der Waals surface area contributed by atoms with Gasteiger partial charge in [0.05, 0.1) is 5.02 Å². The first-order chi connectivity index (χ1) is 13.9. The third-order valence-electron chi connectivity index (χ3n) is 4.41. The van der Waals surface area contributed by atoms with E-state index in [2.05, 4.69) is 5.32 Å². The van der Waals surface area contributed by atoms with Crippen molar-refractivity contribution < 1.29 is 14.3 Å². The van der Waals surface area contributed by atoms with Crippen LogP contribution in [-0.2, 0) is 9.59 Å². The van der Waals surface area contributed by atoms with Crippen molar-refractivity contribution in [2.45, 2.75) is 6.92 Å². The molecule has 0 atom stereocenters. The Morgan fingerprint density at radius 3 is 2.28 bits per heavy atom. The molecule has 1 N–H and O–H groups in total. The van der Waals surface area contributed by atoms with E-state index in [1.54, 1.807) is 37.4 Å². The molecule has 29 heavy (non-hydrogen) atoms. The fourth-order valence-electron chi connectivity index (χ4n) is 2.72. The number of halogens is 1. The quantitative estimate of drug-likeness (QED) is 0.623. The minimum absolute atomic E-state index is 0.0645. The average Bonchev–Trinajstić information content (AvgIpc) is 2.73. The molecule has 3 rings (SSSR count). The van der Waals surface area contributed by atoms with E-state index in [0.29, 0.717) is 16.5 Å². The van der Waals surface area contributed by atoms with Gasteiger partial charge in [0.15, 0.2) is 6.61 Å². The number of anilines is 2. The Bertz CT molecular complexity index is 1000. The molecule has 0 aliphatic carbocycles. The maximum atomic E-state index is 12.2. The van der Waals surface area contributed by atoms with Gasteiger partial charge in [0, 0.05) is 25.3 Å².